The molecule has 0 saturated heterocycles. The van der Waals surface area contributed by atoms with Gasteiger partial charge >= 0.3 is 17.9 Å². The number of aliphatic carboxylic acids is 2. The van der Waals surface area contributed by atoms with Crippen molar-refractivity contribution in [1.82, 2.24) is 0 Å². The number of ether oxygens (including phenoxy) is 1. The molecular weight excluding hydrogens is 230 g/mol. The van der Waals surface area contributed by atoms with Gasteiger partial charge < -0.3 is 14.9 Å². The van der Waals surface area contributed by atoms with Gasteiger partial charge in [-0.1, -0.05) is 6.58 Å². The van der Waals surface area contributed by atoms with Crippen LogP contribution in [-0.4, -0.2) is 34.7 Å². The van der Waals surface area contributed by atoms with Gasteiger partial charge in [0.2, 0.25) is 0 Å². The normalized spacial score (nSPS) is 8.47. The number of esters is 1. The van der Waals surface area contributed by atoms with Gasteiger partial charge in [0.25, 0.3) is 0 Å². The van der Waals surface area contributed by atoms with Gasteiger partial charge in [0.1, 0.15) is 11.6 Å². The first-order valence-corrected chi connectivity index (χ1v) is 4.25. The highest BCUT2D eigenvalue weighted by molar-refractivity contribution is 5.91. The second-order valence-corrected chi connectivity index (χ2v) is 2.32. The lowest BCUT2D eigenvalue weighted by atomic mass is 10.3. The molecule has 7 nitrogen and oxygen atoms in total. The van der Waals surface area contributed by atoms with Crippen molar-refractivity contribution in [1.29, 1.82) is 5.26 Å². The van der Waals surface area contributed by atoms with E-state index in [9.17, 15) is 14.4 Å². The molecule has 17 heavy (non-hydrogen) atoms. The summed E-state index contributed by atoms with van der Waals surface area (Å²) < 4.78 is 4.43. The van der Waals surface area contributed by atoms with Crippen molar-refractivity contribution in [3.63, 3.8) is 0 Å². The standard InChI is InChI=1S/C6H7NO2.C4H4O4/c1-3-9-6(8)5(2)4-7;5-3(6)1-2-4(7)8/h2-3H2,1H3;1-2H,(H,5,6)(H,7,8). The Morgan fingerprint density at radius 1 is 1.29 bits per heavy atom. The minimum atomic E-state index is -1.26. The van der Waals surface area contributed by atoms with Crippen molar-refractivity contribution in [2.24, 2.45) is 0 Å². The Morgan fingerprint density at radius 2 is 1.71 bits per heavy atom. The van der Waals surface area contributed by atoms with Crippen LogP contribution in [0.5, 0.6) is 0 Å². The van der Waals surface area contributed by atoms with E-state index in [1.807, 2.05) is 0 Å². The highest BCUT2D eigenvalue weighted by Gasteiger charge is 2.03. The number of rotatable bonds is 4. The maximum absolute atomic E-state index is 10.4. The van der Waals surface area contributed by atoms with Crippen LogP contribution < -0.4 is 0 Å². The van der Waals surface area contributed by atoms with Gasteiger partial charge in [-0.3, -0.25) is 0 Å². The summed E-state index contributed by atoms with van der Waals surface area (Å²) in [5.41, 5.74) is -0.156. The van der Waals surface area contributed by atoms with Crippen LogP contribution >= 0.6 is 0 Å². The van der Waals surface area contributed by atoms with Gasteiger partial charge in [0, 0.05) is 12.2 Å². The Bertz CT molecular complexity index is 361. The molecule has 0 radical (unpaired) electrons. The van der Waals surface area contributed by atoms with Crippen LogP contribution in [0.3, 0.4) is 0 Å². The van der Waals surface area contributed by atoms with E-state index in [2.05, 4.69) is 11.3 Å². The molecular formula is C10H11NO6. The lowest BCUT2D eigenvalue weighted by molar-refractivity contribution is -0.138. The lowest BCUT2D eigenvalue weighted by Crippen LogP contribution is -2.04. The number of carbonyl (C=O) groups excluding carboxylic acids is 1. The summed E-state index contributed by atoms with van der Waals surface area (Å²) in [4.78, 5) is 29.5. The van der Waals surface area contributed by atoms with E-state index in [1.54, 1.807) is 13.0 Å². The van der Waals surface area contributed by atoms with Gasteiger partial charge in [-0.2, -0.15) is 5.26 Å². The Balaban J connectivity index is 0. The van der Waals surface area contributed by atoms with E-state index in [1.165, 1.54) is 0 Å². The van der Waals surface area contributed by atoms with Crippen LogP contribution in [-0.2, 0) is 19.1 Å². The highest BCUT2D eigenvalue weighted by Crippen LogP contribution is 1.90. The number of hydrogen-bond acceptors (Lipinski definition) is 5. The molecule has 0 aliphatic rings. The van der Waals surface area contributed by atoms with Crippen LogP contribution in [0.15, 0.2) is 24.3 Å². The van der Waals surface area contributed by atoms with E-state index in [0.29, 0.717) is 12.2 Å². The molecule has 0 spiro atoms. The maximum atomic E-state index is 10.4. The molecule has 0 aromatic rings. The third-order valence-electron chi connectivity index (χ3n) is 1.03. The molecule has 0 atom stereocenters. The SMILES string of the molecule is C=C(C#N)C(=O)OCC.O=C(O)C=CC(=O)O. The van der Waals surface area contributed by atoms with E-state index in [0.717, 1.165) is 0 Å². The predicted octanol–water partition coefficient (Wildman–Crippen LogP) is 0.341. The van der Waals surface area contributed by atoms with Gasteiger partial charge in [0.15, 0.2) is 0 Å². The van der Waals surface area contributed by atoms with Gasteiger partial charge in [0.05, 0.1) is 6.61 Å². The Morgan fingerprint density at radius 3 is 1.94 bits per heavy atom. The maximum Gasteiger partial charge on any atom is 0.348 e. The summed E-state index contributed by atoms with van der Waals surface area (Å²) in [7, 11) is 0. The third-order valence-corrected chi connectivity index (χ3v) is 1.03. The van der Waals surface area contributed by atoms with Crippen molar-refractivity contribution < 1.29 is 29.3 Å². The van der Waals surface area contributed by atoms with E-state index in [-0.39, 0.29) is 12.2 Å². The second kappa shape index (κ2) is 9.92. The summed E-state index contributed by atoms with van der Waals surface area (Å²) in [5.74, 6) is -3.15. The monoisotopic (exact) mass is 241 g/mol. The first-order chi connectivity index (χ1) is 7.84. The minimum Gasteiger partial charge on any atom is -0.478 e. The summed E-state index contributed by atoms with van der Waals surface area (Å²) in [5, 5.41) is 23.7. The molecule has 0 fully saturated rings. The molecule has 92 valence electrons. The molecule has 0 unspecified atom stereocenters. The molecule has 0 aliphatic carbocycles. The minimum absolute atomic E-state index is 0.156. The Labute approximate surface area is 97.2 Å². The molecule has 0 aromatic heterocycles. The van der Waals surface area contributed by atoms with Gasteiger partial charge in [-0.05, 0) is 6.92 Å². The van der Waals surface area contributed by atoms with Gasteiger partial charge in [-0.15, -0.1) is 0 Å². The fourth-order valence-corrected chi connectivity index (χ4v) is 0.406. The largest absolute Gasteiger partial charge is 0.478 e. The summed E-state index contributed by atoms with van der Waals surface area (Å²) in [6, 6.07) is 1.58. The van der Waals surface area contributed by atoms with E-state index >= 15 is 0 Å². The summed E-state index contributed by atoms with van der Waals surface area (Å²) >= 11 is 0. The molecule has 0 aliphatic heterocycles. The van der Waals surface area contributed by atoms with Crippen LogP contribution in [0.1, 0.15) is 6.92 Å². The van der Waals surface area contributed by atoms with Crippen molar-refractivity contribution in [2.45, 2.75) is 6.92 Å². The quantitative estimate of drug-likeness (QED) is 0.413. The Hall–Kier alpha value is -2.62. The van der Waals surface area contributed by atoms with E-state index < -0.39 is 17.9 Å². The first-order valence-electron chi connectivity index (χ1n) is 4.25. The fraction of sp³-hybridized carbons (Fsp3) is 0.200. The molecule has 0 aromatic carbocycles. The van der Waals surface area contributed by atoms with Crippen LogP contribution in [0.4, 0.5) is 0 Å². The van der Waals surface area contributed by atoms with Crippen LogP contribution in [0.25, 0.3) is 0 Å². The summed E-state index contributed by atoms with van der Waals surface area (Å²) in [6.07, 6.45) is 1.12. The molecule has 2 N–H and O–H groups in total. The Kier molecular flexibility index (Phi) is 9.80. The van der Waals surface area contributed by atoms with E-state index in [4.69, 9.17) is 15.5 Å². The number of carbonyl (C=O) groups is 3. The smallest absolute Gasteiger partial charge is 0.348 e. The predicted molar refractivity (Wildman–Crippen MR) is 55.8 cm³/mol. The fourth-order valence-electron chi connectivity index (χ4n) is 0.406. The molecule has 0 amide bonds. The van der Waals surface area contributed by atoms with Crippen molar-refractivity contribution in [3.8, 4) is 6.07 Å². The van der Waals surface area contributed by atoms with Crippen molar-refractivity contribution >= 4 is 17.9 Å². The molecule has 0 saturated carbocycles. The second-order valence-electron chi connectivity index (χ2n) is 2.32. The van der Waals surface area contributed by atoms with Crippen LogP contribution in [0.2, 0.25) is 0 Å². The van der Waals surface area contributed by atoms with Crippen LogP contribution in [0, 0.1) is 11.3 Å². The lowest BCUT2D eigenvalue weighted by Gasteiger charge is -1.95. The molecule has 7 heteroatoms. The molecule has 0 rings (SSSR count). The van der Waals surface area contributed by atoms with Gasteiger partial charge in [-0.25, -0.2) is 14.4 Å². The summed E-state index contributed by atoms with van der Waals surface area (Å²) in [6.45, 7) is 5.10. The topological polar surface area (TPSA) is 125 Å². The zero-order valence-electron chi connectivity index (χ0n) is 9.04. The highest BCUT2D eigenvalue weighted by atomic mass is 16.5. The third kappa shape index (κ3) is 13.4. The number of hydrogen-bond donors (Lipinski definition) is 2. The number of carboxylic acids is 2. The average Bonchev–Trinajstić information content (AvgIpc) is 2.26. The number of nitriles is 1. The van der Waals surface area contributed by atoms with Crippen molar-refractivity contribution in [3.05, 3.63) is 24.3 Å². The zero-order chi connectivity index (χ0) is 13.8. The zero-order valence-corrected chi connectivity index (χ0v) is 9.04. The first kappa shape index (κ1) is 16.8. The number of carboxylic acid groups (broad SMARTS) is 2. The molecule has 0 heterocycles. The van der Waals surface area contributed by atoms with Crippen molar-refractivity contribution in [2.75, 3.05) is 6.61 Å². The molecule has 0 bridgehead atoms. The number of nitrogens with zero attached hydrogens (tertiary/aromatic N) is 1. The average molecular weight is 241 g/mol.